The molecule has 0 bridgehead atoms. The van der Waals surface area contributed by atoms with Gasteiger partial charge in [-0.2, -0.15) is 0 Å². The Morgan fingerprint density at radius 2 is 2.10 bits per heavy atom. The fraction of sp³-hybridized carbons (Fsp3) is 0.333. The zero-order valence-electron chi connectivity index (χ0n) is 11.4. The Morgan fingerprint density at radius 1 is 1.35 bits per heavy atom. The summed E-state index contributed by atoms with van der Waals surface area (Å²) in [6, 6.07) is 9.84. The first-order chi connectivity index (χ1) is 9.78. The van der Waals surface area contributed by atoms with Gasteiger partial charge in [-0.15, -0.1) is 22.9 Å². The van der Waals surface area contributed by atoms with Crippen LogP contribution >= 0.6 is 22.9 Å². The van der Waals surface area contributed by atoms with E-state index in [1.807, 2.05) is 25.1 Å². The second kappa shape index (κ2) is 6.86. The summed E-state index contributed by atoms with van der Waals surface area (Å²) in [6.07, 6.45) is 3.16. The van der Waals surface area contributed by atoms with E-state index in [-0.39, 0.29) is 12.0 Å². The topological polar surface area (TPSA) is 38.7 Å². The van der Waals surface area contributed by atoms with Gasteiger partial charge < -0.3 is 4.74 Å². The van der Waals surface area contributed by atoms with Crippen LogP contribution in [-0.2, 0) is 9.53 Å². The summed E-state index contributed by atoms with van der Waals surface area (Å²) in [4.78, 5) is 16.9. The molecule has 0 spiro atoms. The Bertz CT molecular complexity index is 603. The molecular weight excluding hydrogens is 294 g/mol. The van der Waals surface area contributed by atoms with E-state index in [9.17, 15) is 4.79 Å². The number of ether oxygens (including phenoxy) is 1. The van der Waals surface area contributed by atoms with Gasteiger partial charge in [0.15, 0.2) is 6.04 Å². The van der Waals surface area contributed by atoms with Crippen LogP contribution in [-0.4, -0.2) is 24.3 Å². The highest BCUT2D eigenvalue weighted by atomic mass is 35.5. The molecule has 1 aromatic carbocycles. The van der Waals surface area contributed by atoms with Crippen LogP contribution in [0.4, 0.5) is 0 Å². The number of cyclic esters (lactones) is 1. The Kier molecular flexibility index (Phi) is 5.15. The van der Waals surface area contributed by atoms with Gasteiger partial charge in [0, 0.05) is 11.1 Å². The van der Waals surface area contributed by atoms with E-state index in [0.29, 0.717) is 5.90 Å². The lowest BCUT2D eigenvalue weighted by Gasteiger charge is -1.97. The molecule has 5 heteroatoms. The molecule has 0 N–H and O–H groups in total. The van der Waals surface area contributed by atoms with Crippen LogP contribution in [0.2, 0.25) is 0 Å². The van der Waals surface area contributed by atoms with Crippen molar-refractivity contribution in [2.45, 2.75) is 25.8 Å². The normalized spacial score (nSPS) is 17.4. The lowest BCUT2D eigenvalue weighted by atomic mass is 10.2. The van der Waals surface area contributed by atoms with Crippen LogP contribution in [0.5, 0.6) is 0 Å². The minimum absolute atomic E-state index is 0.218. The summed E-state index contributed by atoms with van der Waals surface area (Å²) >= 11 is 6.25. The second-order valence-corrected chi connectivity index (χ2v) is 5.39. The number of hydrogen-bond donors (Lipinski definition) is 0. The number of alkyl halides is 1. The van der Waals surface area contributed by atoms with Crippen LogP contribution in [0.3, 0.4) is 0 Å². The molecular formula is C15H16ClNO2S. The molecule has 3 nitrogen and oxygen atoms in total. The third-order valence-electron chi connectivity index (χ3n) is 2.94. The highest BCUT2D eigenvalue weighted by molar-refractivity contribution is 7.20. The summed E-state index contributed by atoms with van der Waals surface area (Å²) in [5, 5.41) is 1.16. The molecule has 2 aromatic rings. The molecule has 1 unspecified atom stereocenters. The van der Waals surface area contributed by atoms with E-state index in [1.54, 1.807) is 11.3 Å². The number of nitrogens with zero attached hydrogens (tertiary/aromatic N) is 1. The zero-order chi connectivity index (χ0) is 14.5. The average molecular weight is 310 g/mol. The van der Waals surface area contributed by atoms with Crippen molar-refractivity contribution in [3.63, 3.8) is 0 Å². The highest BCUT2D eigenvalue weighted by Gasteiger charge is 2.29. The number of halogens is 1. The summed E-state index contributed by atoms with van der Waals surface area (Å²) in [5.41, 5.74) is 0. The zero-order valence-corrected chi connectivity index (χ0v) is 13.0. The molecule has 0 saturated heterocycles. The molecule has 0 radical (unpaired) electrons. The molecule has 0 aliphatic carbocycles. The number of benzene rings is 1. The molecule has 0 saturated carbocycles. The Morgan fingerprint density at radius 3 is 2.80 bits per heavy atom. The molecule has 1 atom stereocenters. The monoisotopic (exact) mass is 309 g/mol. The molecule has 106 valence electrons. The van der Waals surface area contributed by atoms with E-state index >= 15 is 0 Å². The number of hydrogen-bond acceptors (Lipinski definition) is 4. The molecule has 1 aliphatic heterocycles. The van der Waals surface area contributed by atoms with Crippen LogP contribution in [0.1, 0.15) is 24.6 Å². The number of carbonyl (C=O) groups is 1. The van der Waals surface area contributed by atoms with Crippen molar-refractivity contribution in [1.82, 2.24) is 0 Å². The summed E-state index contributed by atoms with van der Waals surface area (Å²) in [7, 11) is 0. The van der Waals surface area contributed by atoms with Gasteiger partial charge in [0.2, 0.25) is 5.90 Å². The van der Waals surface area contributed by atoms with Gasteiger partial charge in [-0.05, 0) is 23.9 Å². The number of carbonyl (C=O) groups excluding carboxylic acids is 1. The number of esters is 1. The fourth-order valence-electron chi connectivity index (χ4n) is 2.04. The lowest BCUT2D eigenvalue weighted by molar-refractivity contribution is -0.135. The van der Waals surface area contributed by atoms with E-state index in [4.69, 9.17) is 4.74 Å². The van der Waals surface area contributed by atoms with Crippen molar-refractivity contribution in [1.29, 1.82) is 0 Å². The third-order valence-corrected chi connectivity index (χ3v) is 4.04. The summed E-state index contributed by atoms with van der Waals surface area (Å²) < 4.78 is 6.45. The molecule has 0 fully saturated rings. The van der Waals surface area contributed by atoms with Crippen LogP contribution in [0.25, 0.3) is 10.1 Å². The maximum absolute atomic E-state index is 11.6. The quantitative estimate of drug-likeness (QED) is 0.628. The maximum atomic E-state index is 11.6. The van der Waals surface area contributed by atoms with Crippen molar-refractivity contribution in [3.8, 4) is 0 Å². The SMILES string of the molecule is CCCC1N=C(c2cc3ccccc3s2)OC1=O.CCl. The maximum Gasteiger partial charge on any atom is 0.337 e. The smallest absolute Gasteiger partial charge is 0.337 e. The van der Waals surface area contributed by atoms with Gasteiger partial charge >= 0.3 is 5.97 Å². The van der Waals surface area contributed by atoms with Crippen molar-refractivity contribution in [2.75, 3.05) is 6.38 Å². The first-order valence-corrected chi connectivity index (χ1v) is 8.01. The van der Waals surface area contributed by atoms with E-state index in [1.165, 1.54) is 11.1 Å². The Hall–Kier alpha value is -1.39. The van der Waals surface area contributed by atoms with Crippen LogP contribution in [0, 0.1) is 0 Å². The Balaban J connectivity index is 0.000000704. The van der Waals surface area contributed by atoms with Crippen molar-refractivity contribution in [2.24, 2.45) is 4.99 Å². The predicted molar refractivity (Wildman–Crippen MR) is 84.9 cm³/mol. The van der Waals surface area contributed by atoms with Crippen LogP contribution < -0.4 is 0 Å². The number of fused-ring (bicyclic) bond motifs is 1. The minimum Gasteiger partial charge on any atom is -0.405 e. The van der Waals surface area contributed by atoms with Gasteiger partial charge in [0.05, 0.1) is 4.88 Å². The number of aliphatic imine (C=N–C) groups is 1. The standard InChI is InChI=1S/C14H13NO2S.CH3Cl/c1-2-5-10-14(16)17-13(15-10)12-8-9-6-3-4-7-11(9)18-12;1-2/h3-4,6-8,10H,2,5H2,1H3;1H3. The minimum atomic E-state index is -0.310. The predicted octanol–water partition coefficient (Wildman–Crippen LogP) is 4.23. The van der Waals surface area contributed by atoms with Crippen molar-refractivity contribution >= 4 is 44.9 Å². The van der Waals surface area contributed by atoms with Crippen molar-refractivity contribution < 1.29 is 9.53 Å². The molecule has 0 amide bonds. The first kappa shape index (κ1) is 15.0. The molecule has 2 heterocycles. The fourth-order valence-corrected chi connectivity index (χ4v) is 3.04. The van der Waals surface area contributed by atoms with E-state index < -0.39 is 0 Å². The first-order valence-electron chi connectivity index (χ1n) is 6.44. The van der Waals surface area contributed by atoms with Gasteiger partial charge in [-0.1, -0.05) is 31.5 Å². The largest absolute Gasteiger partial charge is 0.405 e. The number of rotatable bonds is 3. The van der Waals surface area contributed by atoms with E-state index in [0.717, 1.165) is 23.1 Å². The highest BCUT2D eigenvalue weighted by Crippen LogP contribution is 2.28. The molecule has 3 rings (SSSR count). The van der Waals surface area contributed by atoms with Gasteiger partial charge in [-0.25, -0.2) is 9.79 Å². The Labute approximate surface area is 127 Å². The third kappa shape index (κ3) is 3.02. The lowest BCUT2D eigenvalue weighted by Crippen LogP contribution is -2.14. The average Bonchev–Trinajstić information content (AvgIpc) is 3.05. The van der Waals surface area contributed by atoms with Crippen molar-refractivity contribution in [3.05, 3.63) is 35.2 Å². The van der Waals surface area contributed by atoms with E-state index in [2.05, 4.69) is 28.7 Å². The molecule has 1 aliphatic rings. The molecule has 1 aromatic heterocycles. The summed E-state index contributed by atoms with van der Waals surface area (Å²) in [5.74, 6) is 0.268. The summed E-state index contributed by atoms with van der Waals surface area (Å²) in [6.45, 7) is 2.04. The van der Waals surface area contributed by atoms with Gasteiger partial charge in [-0.3, -0.25) is 0 Å². The van der Waals surface area contributed by atoms with Crippen LogP contribution in [0.15, 0.2) is 35.3 Å². The molecule has 20 heavy (non-hydrogen) atoms. The second-order valence-electron chi connectivity index (χ2n) is 4.31. The van der Waals surface area contributed by atoms with Gasteiger partial charge in [0.25, 0.3) is 0 Å². The number of thiophene rings is 1. The van der Waals surface area contributed by atoms with Gasteiger partial charge in [0.1, 0.15) is 0 Å².